The van der Waals surface area contributed by atoms with E-state index in [-0.39, 0.29) is 11.3 Å². The molecule has 38 heavy (non-hydrogen) atoms. The Balaban J connectivity index is 1.39. The van der Waals surface area contributed by atoms with Crippen molar-refractivity contribution in [3.63, 3.8) is 0 Å². The first-order valence-electron chi connectivity index (χ1n) is 12.3. The molecule has 1 saturated heterocycles. The Morgan fingerprint density at radius 3 is 2.50 bits per heavy atom. The lowest BCUT2D eigenvalue weighted by atomic mass is 10.1. The number of amides is 4. The second-order valence-electron chi connectivity index (χ2n) is 9.13. The van der Waals surface area contributed by atoms with E-state index in [9.17, 15) is 18.8 Å². The topological polar surface area (TPSA) is 80.6 Å². The van der Waals surface area contributed by atoms with Crippen LogP contribution in [0.5, 0.6) is 5.75 Å². The highest BCUT2D eigenvalue weighted by Gasteiger charge is 2.37. The third kappa shape index (κ3) is 4.80. The fraction of sp³-hybridized carbons (Fsp3) is 0.167. The molecule has 0 aliphatic carbocycles. The molecule has 0 bridgehead atoms. The number of ether oxygens (including phenoxy) is 1. The highest BCUT2D eigenvalue weighted by molar-refractivity contribution is 6.39. The number of rotatable bonds is 7. The number of aryl methyl sites for hydroxylation is 2. The Morgan fingerprint density at radius 1 is 0.947 bits per heavy atom. The van der Waals surface area contributed by atoms with E-state index in [1.165, 1.54) is 23.8 Å². The largest absolute Gasteiger partial charge is 0.493 e. The predicted molar refractivity (Wildman–Crippen MR) is 143 cm³/mol. The fourth-order valence-electron chi connectivity index (χ4n) is 4.51. The van der Waals surface area contributed by atoms with E-state index in [0.717, 1.165) is 45.7 Å². The van der Waals surface area contributed by atoms with Crippen LogP contribution in [0.15, 0.2) is 78.5 Å². The Kier molecular flexibility index (Phi) is 6.79. The lowest BCUT2D eigenvalue weighted by Crippen LogP contribution is -2.54. The van der Waals surface area contributed by atoms with Crippen LogP contribution in [-0.2, 0) is 16.1 Å². The molecule has 1 fully saturated rings. The maximum Gasteiger partial charge on any atom is 0.335 e. The van der Waals surface area contributed by atoms with Crippen molar-refractivity contribution in [1.29, 1.82) is 0 Å². The van der Waals surface area contributed by atoms with Crippen LogP contribution in [0.2, 0.25) is 0 Å². The van der Waals surface area contributed by atoms with E-state index in [0.29, 0.717) is 18.7 Å². The van der Waals surface area contributed by atoms with Crippen LogP contribution in [0.4, 0.5) is 14.9 Å². The molecule has 1 aromatic heterocycles. The van der Waals surface area contributed by atoms with Crippen molar-refractivity contribution in [3.05, 3.63) is 101 Å². The van der Waals surface area contributed by atoms with E-state index in [4.69, 9.17) is 4.74 Å². The van der Waals surface area contributed by atoms with E-state index in [1.807, 2.05) is 49.5 Å². The molecule has 0 atom stereocenters. The first-order valence-corrected chi connectivity index (χ1v) is 12.3. The van der Waals surface area contributed by atoms with E-state index in [1.54, 1.807) is 0 Å². The van der Waals surface area contributed by atoms with Crippen molar-refractivity contribution < 1.29 is 23.5 Å². The number of anilines is 1. The lowest BCUT2D eigenvalue weighted by molar-refractivity contribution is -0.122. The monoisotopic (exact) mass is 511 g/mol. The van der Waals surface area contributed by atoms with Crippen LogP contribution in [-0.4, -0.2) is 29.0 Å². The summed E-state index contributed by atoms with van der Waals surface area (Å²) in [4.78, 5) is 39.2. The minimum atomic E-state index is -0.880. The summed E-state index contributed by atoms with van der Waals surface area (Å²) in [5.74, 6) is -1.19. The van der Waals surface area contributed by atoms with Crippen LogP contribution in [0, 0.1) is 19.7 Å². The molecule has 192 valence electrons. The molecule has 3 aromatic carbocycles. The minimum absolute atomic E-state index is 0.165. The standard InChI is InChI=1S/C30H26FN3O4/c1-19-7-5-10-27(20(19)2)38-16-6-15-33-18-21(24-8-3-4-9-26(24)33)17-25-28(35)32-30(37)34(29(25)36)23-13-11-22(31)12-14-23/h3-5,7-14,17-18H,6,15-16H2,1-2H3,(H,32,35,37). The quantitative estimate of drug-likeness (QED) is 0.201. The molecule has 5 rings (SSSR count). The third-order valence-electron chi connectivity index (χ3n) is 6.66. The molecule has 0 spiro atoms. The molecule has 0 unspecified atom stereocenters. The van der Waals surface area contributed by atoms with Crippen molar-refractivity contribution in [1.82, 2.24) is 9.88 Å². The van der Waals surface area contributed by atoms with Gasteiger partial charge in [-0.25, -0.2) is 14.1 Å². The number of benzene rings is 3. The first kappa shape index (κ1) is 25.0. The van der Waals surface area contributed by atoms with Gasteiger partial charge in [0.2, 0.25) is 0 Å². The van der Waals surface area contributed by atoms with E-state index < -0.39 is 23.7 Å². The SMILES string of the molecule is Cc1cccc(OCCCn2cc(C=C3C(=O)NC(=O)N(c4ccc(F)cc4)C3=O)c3ccccc32)c1C. The summed E-state index contributed by atoms with van der Waals surface area (Å²) in [7, 11) is 0. The second-order valence-corrected chi connectivity index (χ2v) is 9.13. The Bertz CT molecular complexity index is 1590. The number of hydrogen-bond donors (Lipinski definition) is 1. The van der Waals surface area contributed by atoms with Gasteiger partial charge in [-0.2, -0.15) is 0 Å². The summed E-state index contributed by atoms with van der Waals surface area (Å²) < 4.78 is 21.4. The van der Waals surface area contributed by atoms with Gasteiger partial charge in [0.05, 0.1) is 12.3 Å². The number of carbonyl (C=O) groups is 3. The van der Waals surface area contributed by atoms with Gasteiger partial charge in [0.1, 0.15) is 17.1 Å². The molecule has 1 aliphatic heterocycles. The summed E-state index contributed by atoms with van der Waals surface area (Å²) >= 11 is 0. The molecule has 1 N–H and O–H groups in total. The van der Waals surface area contributed by atoms with Gasteiger partial charge in [-0.1, -0.05) is 30.3 Å². The number of halogens is 1. The second kappa shape index (κ2) is 10.3. The summed E-state index contributed by atoms with van der Waals surface area (Å²) in [5.41, 5.74) is 3.90. The predicted octanol–water partition coefficient (Wildman–Crippen LogP) is 5.53. The summed E-state index contributed by atoms with van der Waals surface area (Å²) in [5, 5.41) is 3.07. The number of nitrogens with one attached hydrogen (secondary N) is 1. The average Bonchev–Trinajstić information content (AvgIpc) is 3.25. The van der Waals surface area contributed by atoms with Crippen LogP contribution in [0.25, 0.3) is 17.0 Å². The zero-order valence-electron chi connectivity index (χ0n) is 21.0. The van der Waals surface area contributed by atoms with Gasteiger partial charge >= 0.3 is 6.03 Å². The molecule has 0 radical (unpaired) electrons. The highest BCUT2D eigenvalue weighted by atomic mass is 19.1. The summed E-state index contributed by atoms with van der Waals surface area (Å²) in [6.07, 6.45) is 4.12. The number of fused-ring (bicyclic) bond motifs is 1. The van der Waals surface area contributed by atoms with Gasteiger partial charge in [-0.05, 0) is 73.9 Å². The molecule has 1 aliphatic rings. The number of urea groups is 1. The summed E-state index contributed by atoms with van der Waals surface area (Å²) in [6.45, 7) is 5.28. The molecule has 4 amide bonds. The van der Waals surface area contributed by atoms with Crippen molar-refractivity contribution in [2.75, 3.05) is 11.5 Å². The summed E-state index contributed by atoms with van der Waals surface area (Å²) in [6, 6.07) is 17.7. The zero-order valence-corrected chi connectivity index (χ0v) is 21.0. The number of nitrogens with zero attached hydrogens (tertiary/aromatic N) is 2. The lowest BCUT2D eigenvalue weighted by Gasteiger charge is -2.26. The van der Waals surface area contributed by atoms with Crippen LogP contribution >= 0.6 is 0 Å². The van der Waals surface area contributed by atoms with E-state index in [2.05, 4.69) is 22.9 Å². The average molecular weight is 512 g/mol. The van der Waals surface area contributed by atoms with Gasteiger partial charge in [0.15, 0.2) is 0 Å². The smallest absolute Gasteiger partial charge is 0.335 e. The molecular weight excluding hydrogens is 485 g/mol. The van der Waals surface area contributed by atoms with Gasteiger partial charge < -0.3 is 9.30 Å². The van der Waals surface area contributed by atoms with Crippen LogP contribution in [0.1, 0.15) is 23.1 Å². The first-order chi connectivity index (χ1) is 18.3. The number of imide groups is 2. The van der Waals surface area contributed by atoms with Crippen molar-refractivity contribution in [2.45, 2.75) is 26.8 Å². The van der Waals surface area contributed by atoms with Gasteiger partial charge in [0, 0.05) is 29.2 Å². The maximum atomic E-state index is 13.4. The third-order valence-corrected chi connectivity index (χ3v) is 6.66. The Morgan fingerprint density at radius 2 is 1.71 bits per heavy atom. The number of aromatic nitrogens is 1. The number of barbiturate groups is 1. The van der Waals surface area contributed by atoms with Crippen molar-refractivity contribution >= 4 is 40.5 Å². The number of hydrogen-bond acceptors (Lipinski definition) is 4. The van der Waals surface area contributed by atoms with Crippen LogP contribution < -0.4 is 15.0 Å². The molecule has 7 nitrogen and oxygen atoms in total. The fourth-order valence-corrected chi connectivity index (χ4v) is 4.51. The number of carbonyl (C=O) groups excluding carboxylic acids is 3. The van der Waals surface area contributed by atoms with E-state index >= 15 is 0 Å². The minimum Gasteiger partial charge on any atom is -0.493 e. The zero-order chi connectivity index (χ0) is 26.8. The van der Waals surface area contributed by atoms with Gasteiger partial charge in [-0.15, -0.1) is 0 Å². The molecular formula is C30H26FN3O4. The molecule has 0 saturated carbocycles. The highest BCUT2D eigenvalue weighted by Crippen LogP contribution is 2.27. The molecule has 2 heterocycles. The van der Waals surface area contributed by atoms with Crippen LogP contribution in [0.3, 0.4) is 0 Å². The Labute approximate surface area is 219 Å². The molecule has 4 aromatic rings. The molecule has 8 heteroatoms. The van der Waals surface area contributed by atoms with Gasteiger partial charge in [0.25, 0.3) is 11.8 Å². The Hall–Kier alpha value is -4.72. The van der Waals surface area contributed by atoms with Crippen molar-refractivity contribution in [3.8, 4) is 5.75 Å². The number of para-hydroxylation sites is 1. The van der Waals surface area contributed by atoms with Gasteiger partial charge in [-0.3, -0.25) is 14.9 Å². The van der Waals surface area contributed by atoms with Crippen molar-refractivity contribution in [2.24, 2.45) is 0 Å². The maximum absolute atomic E-state index is 13.4. The normalized spacial score (nSPS) is 14.9.